The van der Waals surface area contributed by atoms with Crippen LogP contribution in [0.1, 0.15) is 17.2 Å². The first-order valence-corrected chi connectivity index (χ1v) is 4.52. The summed E-state index contributed by atoms with van der Waals surface area (Å²) in [5.74, 6) is 4.77. The van der Waals surface area contributed by atoms with Gasteiger partial charge in [-0.25, -0.2) is 0 Å². The Morgan fingerprint density at radius 1 is 1.33 bits per heavy atom. The molecule has 2 heteroatoms. The zero-order valence-electron chi connectivity index (χ0n) is 8.86. The predicted octanol–water partition coefficient (Wildman–Crippen LogP) is 1.40. The number of rotatable bonds is 2. The number of aliphatic hydroxyl groups excluding tert-OH is 1. The molecule has 0 heterocycles. The van der Waals surface area contributed by atoms with Gasteiger partial charge < -0.3 is 10.0 Å². The highest BCUT2D eigenvalue weighted by Crippen LogP contribution is 2.22. The minimum atomic E-state index is -0.938. The second-order valence-electron chi connectivity index (χ2n) is 3.38. The first kappa shape index (κ1) is 11.2. The molecule has 0 fully saturated rings. The summed E-state index contributed by atoms with van der Waals surface area (Å²) in [4.78, 5) is 1.94. The van der Waals surface area contributed by atoms with Crippen molar-refractivity contribution < 1.29 is 5.11 Å². The average molecular weight is 199 g/mol. The number of nitrogens with zero attached hydrogens (tertiary/aromatic N) is 1. The van der Waals surface area contributed by atoms with Crippen LogP contribution >= 0.6 is 0 Å². The van der Waals surface area contributed by atoms with Crippen LogP contribution < -0.4 is 4.90 Å². The molecule has 0 saturated heterocycles. The van der Waals surface area contributed by atoms with E-state index in [2.05, 4.69) is 11.8 Å². The van der Waals surface area contributed by atoms with Crippen molar-refractivity contribution in [1.29, 1.82) is 0 Å². The van der Waals surface area contributed by atoms with Crippen LogP contribution in [-0.4, -0.2) is 19.2 Å². The summed E-state index contributed by atoms with van der Waals surface area (Å²) in [6.45, 7) is 0. The summed E-state index contributed by atoms with van der Waals surface area (Å²) >= 11 is 0. The Labute approximate surface area is 90.5 Å². The molecule has 0 aliphatic carbocycles. The van der Waals surface area contributed by atoms with Gasteiger partial charge in [0.1, 0.15) is 6.10 Å². The standard InChI is InChI=1S/C13H13NO/c1-5-10-9-11(14(3)4)7-8-12(10)13(15)6-2/h1-2,7-9,13,15H,3-4H3. The predicted molar refractivity (Wildman–Crippen MR) is 62.5 cm³/mol. The largest absolute Gasteiger partial charge is 0.378 e. The van der Waals surface area contributed by atoms with Crippen molar-refractivity contribution in [2.24, 2.45) is 0 Å². The fourth-order valence-electron chi connectivity index (χ4n) is 1.28. The molecule has 1 aromatic carbocycles. The van der Waals surface area contributed by atoms with Gasteiger partial charge in [-0.15, -0.1) is 12.8 Å². The van der Waals surface area contributed by atoms with E-state index in [9.17, 15) is 5.11 Å². The minimum absolute atomic E-state index is 0.602. The van der Waals surface area contributed by atoms with Gasteiger partial charge in [-0.05, 0) is 12.1 Å². The van der Waals surface area contributed by atoms with Crippen LogP contribution in [0.5, 0.6) is 0 Å². The Morgan fingerprint density at radius 2 is 2.00 bits per heavy atom. The lowest BCUT2D eigenvalue weighted by atomic mass is 10.0. The van der Waals surface area contributed by atoms with E-state index in [4.69, 9.17) is 12.8 Å². The van der Waals surface area contributed by atoms with Crippen molar-refractivity contribution in [3.63, 3.8) is 0 Å². The first-order valence-electron chi connectivity index (χ1n) is 4.52. The van der Waals surface area contributed by atoms with Crippen molar-refractivity contribution >= 4 is 5.69 Å². The Hall–Kier alpha value is -1.90. The lowest BCUT2D eigenvalue weighted by Crippen LogP contribution is -2.09. The van der Waals surface area contributed by atoms with E-state index in [0.717, 1.165) is 5.69 Å². The molecule has 0 aliphatic heterocycles. The van der Waals surface area contributed by atoms with Gasteiger partial charge in [0.2, 0.25) is 0 Å². The van der Waals surface area contributed by atoms with E-state index < -0.39 is 6.10 Å². The average Bonchev–Trinajstić information content (AvgIpc) is 2.27. The molecular formula is C13H13NO. The molecule has 0 radical (unpaired) electrons. The van der Waals surface area contributed by atoms with Crippen molar-refractivity contribution in [2.45, 2.75) is 6.10 Å². The van der Waals surface area contributed by atoms with Crippen LogP contribution in [0.25, 0.3) is 0 Å². The van der Waals surface area contributed by atoms with Crippen molar-refractivity contribution in [1.82, 2.24) is 0 Å². The normalized spacial score (nSPS) is 11.3. The Bertz CT molecular complexity index is 435. The van der Waals surface area contributed by atoms with Gasteiger partial charge in [0.05, 0.1) is 0 Å². The van der Waals surface area contributed by atoms with Crippen molar-refractivity contribution in [2.75, 3.05) is 19.0 Å². The Morgan fingerprint density at radius 3 is 2.47 bits per heavy atom. The van der Waals surface area contributed by atoms with E-state index in [-0.39, 0.29) is 0 Å². The highest BCUT2D eigenvalue weighted by atomic mass is 16.3. The molecular weight excluding hydrogens is 186 g/mol. The van der Waals surface area contributed by atoms with Crippen LogP contribution in [0.3, 0.4) is 0 Å². The monoisotopic (exact) mass is 199 g/mol. The van der Waals surface area contributed by atoms with E-state index in [1.54, 1.807) is 6.07 Å². The fraction of sp³-hybridized carbons (Fsp3) is 0.231. The summed E-state index contributed by atoms with van der Waals surface area (Å²) in [6.07, 6.45) is 9.57. The molecule has 0 amide bonds. The van der Waals surface area contributed by atoms with E-state index in [1.807, 2.05) is 31.1 Å². The zero-order chi connectivity index (χ0) is 11.4. The summed E-state index contributed by atoms with van der Waals surface area (Å²) in [7, 11) is 3.85. The molecule has 1 rings (SSSR count). The molecule has 2 nitrogen and oxygen atoms in total. The molecule has 0 aromatic heterocycles. The van der Waals surface area contributed by atoms with Crippen LogP contribution in [0.15, 0.2) is 18.2 Å². The van der Waals surface area contributed by atoms with Crippen LogP contribution in [0.2, 0.25) is 0 Å². The third-order valence-electron chi connectivity index (χ3n) is 2.16. The summed E-state index contributed by atoms with van der Waals surface area (Å²) in [5.41, 5.74) is 2.22. The molecule has 15 heavy (non-hydrogen) atoms. The van der Waals surface area contributed by atoms with Gasteiger partial charge in [0.15, 0.2) is 0 Å². The molecule has 0 bridgehead atoms. The molecule has 76 valence electrons. The second-order valence-corrected chi connectivity index (χ2v) is 3.38. The second kappa shape index (κ2) is 4.55. The fourth-order valence-corrected chi connectivity index (χ4v) is 1.28. The third kappa shape index (κ3) is 2.31. The highest BCUT2D eigenvalue weighted by molar-refractivity contribution is 5.55. The van der Waals surface area contributed by atoms with E-state index in [0.29, 0.717) is 11.1 Å². The highest BCUT2D eigenvalue weighted by Gasteiger charge is 2.09. The topological polar surface area (TPSA) is 23.5 Å². The molecule has 1 unspecified atom stereocenters. The van der Waals surface area contributed by atoms with Crippen molar-refractivity contribution in [3.05, 3.63) is 29.3 Å². The third-order valence-corrected chi connectivity index (χ3v) is 2.16. The quantitative estimate of drug-likeness (QED) is 0.728. The van der Waals surface area contributed by atoms with Crippen LogP contribution in [0, 0.1) is 24.7 Å². The number of terminal acetylenes is 2. The number of aliphatic hydroxyl groups is 1. The van der Waals surface area contributed by atoms with Crippen molar-refractivity contribution in [3.8, 4) is 24.7 Å². The Balaban J connectivity index is 3.24. The van der Waals surface area contributed by atoms with Gasteiger partial charge in [-0.3, -0.25) is 0 Å². The van der Waals surface area contributed by atoms with Gasteiger partial charge in [-0.2, -0.15) is 0 Å². The smallest absolute Gasteiger partial charge is 0.141 e. The Kier molecular flexibility index (Phi) is 3.39. The maximum absolute atomic E-state index is 9.53. The number of hydrogen-bond donors (Lipinski definition) is 1. The minimum Gasteiger partial charge on any atom is -0.378 e. The van der Waals surface area contributed by atoms with Crippen LogP contribution in [0.4, 0.5) is 5.69 Å². The van der Waals surface area contributed by atoms with Gasteiger partial charge in [-0.1, -0.05) is 17.9 Å². The molecule has 1 N–H and O–H groups in total. The maximum Gasteiger partial charge on any atom is 0.141 e. The zero-order valence-corrected chi connectivity index (χ0v) is 8.86. The maximum atomic E-state index is 9.53. The lowest BCUT2D eigenvalue weighted by molar-refractivity contribution is 0.238. The molecule has 0 aliphatic rings. The lowest BCUT2D eigenvalue weighted by Gasteiger charge is -2.15. The van der Waals surface area contributed by atoms with Crippen LogP contribution in [-0.2, 0) is 0 Å². The first-order chi connectivity index (χ1) is 7.10. The summed E-state index contributed by atoms with van der Waals surface area (Å²) < 4.78 is 0. The van der Waals surface area contributed by atoms with E-state index in [1.165, 1.54) is 0 Å². The summed E-state index contributed by atoms with van der Waals surface area (Å²) in [5, 5.41) is 9.53. The molecule has 1 atom stereocenters. The van der Waals surface area contributed by atoms with Gasteiger partial charge in [0.25, 0.3) is 0 Å². The molecule has 1 aromatic rings. The summed E-state index contributed by atoms with van der Waals surface area (Å²) in [6, 6.07) is 5.46. The SMILES string of the molecule is C#Cc1cc(N(C)C)ccc1C(O)C#C. The number of anilines is 1. The van der Waals surface area contributed by atoms with Gasteiger partial charge >= 0.3 is 0 Å². The molecule has 0 spiro atoms. The molecule has 0 saturated carbocycles. The van der Waals surface area contributed by atoms with E-state index >= 15 is 0 Å². The number of hydrogen-bond acceptors (Lipinski definition) is 2. The van der Waals surface area contributed by atoms with Gasteiger partial charge in [0, 0.05) is 30.9 Å². The number of benzene rings is 1.